The Kier molecular flexibility index (Phi) is 2.54. The van der Waals surface area contributed by atoms with Gasteiger partial charge in [0.2, 0.25) is 0 Å². The predicted octanol–water partition coefficient (Wildman–Crippen LogP) is 1.30. The molecule has 4 rings (SSSR count). The SMILES string of the molecule is C[C@H]1C[C@@H]2CC(=O)[C@]3(O)CCCN4CCC[C@@]23[C@]4(O)C1. The highest BCUT2D eigenvalue weighted by molar-refractivity contribution is 5.91. The Hall–Kier alpha value is -0.450. The van der Waals surface area contributed by atoms with E-state index in [1.807, 2.05) is 0 Å². The molecule has 2 aliphatic heterocycles. The molecule has 4 nitrogen and oxygen atoms in total. The van der Waals surface area contributed by atoms with Crippen LogP contribution in [0.1, 0.15) is 51.9 Å². The summed E-state index contributed by atoms with van der Waals surface area (Å²) in [6, 6.07) is 0. The van der Waals surface area contributed by atoms with Crippen molar-refractivity contribution in [2.45, 2.75) is 63.2 Å². The molecule has 4 heteroatoms. The van der Waals surface area contributed by atoms with E-state index in [-0.39, 0.29) is 11.7 Å². The van der Waals surface area contributed by atoms with Gasteiger partial charge in [-0.15, -0.1) is 0 Å². The van der Waals surface area contributed by atoms with Crippen LogP contribution < -0.4 is 0 Å². The summed E-state index contributed by atoms with van der Waals surface area (Å²) in [7, 11) is 0. The number of carbonyl (C=O) groups excluding carboxylic acids is 1. The molecular weight excluding hydrogens is 254 g/mol. The summed E-state index contributed by atoms with van der Waals surface area (Å²) >= 11 is 0. The fourth-order valence-corrected chi connectivity index (χ4v) is 6.27. The van der Waals surface area contributed by atoms with Gasteiger partial charge in [-0.2, -0.15) is 0 Å². The highest BCUT2D eigenvalue weighted by atomic mass is 16.3. The molecule has 0 radical (unpaired) electrons. The molecule has 4 fully saturated rings. The number of nitrogens with zero attached hydrogens (tertiary/aromatic N) is 1. The minimum Gasteiger partial charge on any atom is -0.381 e. The first-order chi connectivity index (χ1) is 9.44. The van der Waals surface area contributed by atoms with E-state index in [2.05, 4.69) is 11.8 Å². The second-order valence-electron chi connectivity index (χ2n) is 7.71. The Bertz CT molecular complexity index is 467. The second kappa shape index (κ2) is 3.84. The lowest BCUT2D eigenvalue weighted by Gasteiger charge is -2.63. The number of hydrogen-bond acceptors (Lipinski definition) is 4. The van der Waals surface area contributed by atoms with E-state index < -0.39 is 16.7 Å². The summed E-state index contributed by atoms with van der Waals surface area (Å²) in [6.07, 6.45) is 5.30. The van der Waals surface area contributed by atoms with Crippen LogP contribution in [0.15, 0.2) is 0 Å². The van der Waals surface area contributed by atoms with Gasteiger partial charge >= 0.3 is 0 Å². The average Bonchev–Trinajstić information content (AvgIpc) is 2.56. The summed E-state index contributed by atoms with van der Waals surface area (Å²) in [5.41, 5.74) is -2.84. The number of hydrogen-bond donors (Lipinski definition) is 2. The maximum absolute atomic E-state index is 12.6. The van der Waals surface area contributed by atoms with Crippen molar-refractivity contribution in [2.75, 3.05) is 13.1 Å². The molecule has 2 heterocycles. The van der Waals surface area contributed by atoms with Crippen molar-refractivity contribution in [3.63, 3.8) is 0 Å². The molecule has 0 aromatic rings. The second-order valence-corrected chi connectivity index (χ2v) is 7.71. The standard InChI is InChI=1S/C16H25NO3/c1-11-8-12-9-13(18)15(19)5-3-7-17-6-2-4-14(12,15)16(17,20)10-11/h11-12,19-20H,2-10H2,1H3/t11-,12+,14+,15+,16+/m0/s1. The molecule has 0 aromatic heterocycles. The summed E-state index contributed by atoms with van der Waals surface area (Å²) in [5.74, 6) is 0.584. The van der Waals surface area contributed by atoms with E-state index in [1.165, 1.54) is 0 Å². The first-order valence-electron chi connectivity index (χ1n) is 8.17. The molecule has 2 aliphatic carbocycles. The van der Waals surface area contributed by atoms with Crippen LogP contribution >= 0.6 is 0 Å². The zero-order chi connectivity index (χ0) is 14.2. The molecule has 2 saturated heterocycles. The minimum atomic E-state index is -1.28. The van der Waals surface area contributed by atoms with E-state index in [1.54, 1.807) is 0 Å². The Morgan fingerprint density at radius 1 is 1.20 bits per heavy atom. The largest absolute Gasteiger partial charge is 0.381 e. The van der Waals surface area contributed by atoms with Crippen molar-refractivity contribution >= 4 is 5.78 Å². The fraction of sp³-hybridized carbons (Fsp3) is 0.938. The zero-order valence-electron chi connectivity index (χ0n) is 12.3. The molecule has 2 N–H and O–H groups in total. The fourth-order valence-electron chi connectivity index (χ4n) is 6.27. The topological polar surface area (TPSA) is 60.8 Å². The molecule has 1 unspecified atom stereocenters. The van der Waals surface area contributed by atoms with Crippen LogP contribution in [0.5, 0.6) is 0 Å². The van der Waals surface area contributed by atoms with Crippen molar-refractivity contribution in [3.8, 4) is 0 Å². The molecule has 4 aliphatic rings. The Labute approximate surface area is 120 Å². The van der Waals surface area contributed by atoms with E-state index in [0.29, 0.717) is 25.2 Å². The summed E-state index contributed by atoms with van der Waals surface area (Å²) in [4.78, 5) is 14.8. The Morgan fingerprint density at radius 3 is 2.65 bits per heavy atom. The van der Waals surface area contributed by atoms with Crippen molar-refractivity contribution in [1.29, 1.82) is 0 Å². The van der Waals surface area contributed by atoms with Crippen molar-refractivity contribution < 1.29 is 15.0 Å². The smallest absolute Gasteiger partial charge is 0.165 e. The van der Waals surface area contributed by atoms with Crippen molar-refractivity contribution in [2.24, 2.45) is 17.3 Å². The summed E-state index contributed by atoms with van der Waals surface area (Å²) in [6.45, 7) is 3.89. The Balaban J connectivity index is 1.95. The predicted molar refractivity (Wildman–Crippen MR) is 73.9 cm³/mol. The molecule has 0 aromatic carbocycles. The van der Waals surface area contributed by atoms with Crippen LogP contribution in [0.3, 0.4) is 0 Å². The highest BCUT2D eigenvalue weighted by Gasteiger charge is 2.76. The number of aliphatic hydroxyl groups is 2. The molecule has 6 atom stereocenters. The lowest BCUT2D eigenvalue weighted by Crippen LogP contribution is -2.72. The molecular formula is C16H25NO3. The molecule has 2 bridgehead atoms. The van der Waals surface area contributed by atoms with Crippen LogP contribution in [0.4, 0.5) is 0 Å². The number of piperidine rings is 1. The van der Waals surface area contributed by atoms with Crippen LogP contribution in [0.25, 0.3) is 0 Å². The number of carbonyl (C=O) groups is 1. The van der Waals surface area contributed by atoms with E-state index in [4.69, 9.17) is 0 Å². The quantitative estimate of drug-likeness (QED) is 0.702. The van der Waals surface area contributed by atoms with E-state index >= 15 is 0 Å². The highest BCUT2D eigenvalue weighted by Crippen LogP contribution is 2.67. The van der Waals surface area contributed by atoms with Crippen LogP contribution in [-0.4, -0.2) is 45.3 Å². The van der Waals surface area contributed by atoms with Crippen LogP contribution in [0.2, 0.25) is 0 Å². The number of rotatable bonds is 0. The van der Waals surface area contributed by atoms with Gasteiger partial charge in [-0.25, -0.2) is 0 Å². The molecule has 0 amide bonds. The molecule has 1 spiro atoms. The minimum absolute atomic E-state index is 0.00113. The molecule has 20 heavy (non-hydrogen) atoms. The number of ketones is 1. The normalized spacial score (nSPS) is 58.1. The van der Waals surface area contributed by atoms with Gasteiger partial charge < -0.3 is 10.2 Å². The van der Waals surface area contributed by atoms with Gasteiger partial charge in [0.25, 0.3) is 0 Å². The van der Waals surface area contributed by atoms with Crippen LogP contribution in [0, 0.1) is 17.3 Å². The maximum Gasteiger partial charge on any atom is 0.165 e. The summed E-state index contributed by atoms with van der Waals surface area (Å²) < 4.78 is 0. The lowest BCUT2D eigenvalue weighted by molar-refractivity contribution is -0.292. The van der Waals surface area contributed by atoms with E-state index in [9.17, 15) is 15.0 Å². The average molecular weight is 279 g/mol. The third kappa shape index (κ3) is 1.23. The van der Waals surface area contributed by atoms with Gasteiger partial charge in [0.1, 0.15) is 11.3 Å². The maximum atomic E-state index is 12.6. The molecule has 2 saturated carbocycles. The van der Waals surface area contributed by atoms with Crippen molar-refractivity contribution in [1.82, 2.24) is 4.90 Å². The van der Waals surface area contributed by atoms with E-state index in [0.717, 1.165) is 38.8 Å². The monoisotopic (exact) mass is 279 g/mol. The van der Waals surface area contributed by atoms with Crippen LogP contribution in [-0.2, 0) is 4.79 Å². The first-order valence-corrected chi connectivity index (χ1v) is 8.17. The van der Waals surface area contributed by atoms with Gasteiger partial charge in [0.15, 0.2) is 5.78 Å². The van der Waals surface area contributed by atoms with Gasteiger partial charge in [0, 0.05) is 19.5 Å². The van der Waals surface area contributed by atoms with Gasteiger partial charge in [-0.05, 0) is 50.4 Å². The third-order valence-electron chi connectivity index (χ3n) is 6.85. The zero-order valence-corrected chi connectivity index (χ0v) is 12.3. The molecule has 112 valence electrons. The number of Topliss-reactive ketones (excluding diaryl/α,β-unsaturated/α-hetero) is 1. The Morgan fingerprint density at radius 2 is 1.90 bits per heavy atom. The first kappa shape index (κ1) is 13.2. The van der Waals surface area contributed by atoms with Gasteiger partial charge in [0.05, 0.1) is 5.41 Å². The third-order valence-corrected chi connectivity index (χ3v) is 6.85. The van der Waals surface area contributed by atoms with Gasteiger partial charge in [-0.3, -0.25) is 9.69 Å². The lowest BCUT2D eigenvalue weighted by atomic mass is 9.51. The van der Waals surface area contributed by atoms with Crippen molar-refractivity contribution in [3.05, 3.63) is 0 Å². The van der Waals surface area contributed by atoms with Gasteiger partial charge in [-0.1, -0.05) is 6.92 Å². The summed E-state index contributed by atoms with van der Waals surface area (Å²) in [5, 5.41) is 22.9.